The molecular formula is C17H30N3O7. The minimum Gasteiger partial charge on any atom is -0.394 e. The van der Waals surface area contributed by atoms with Gasteiger partial charge < -0.3 is 19.7 Å². The number of amides is 3. The Morgan fingerprint density at radius 3 is 2.30 bits per heavy atom. The smallest absolute Gasteiger partial charge is 0.328 e. The summed E-state index contributed by atoms with van der Waals surface area (Å²) in [6, 6.07) is -2.10. The number of carbonyl (C=O) groups excluding carboxylic acids is 2. The van der Waals surface area contributed by atoms with Crippen LogP contribution in [0, 0.1) is 0 Å². The minimum absolute atomic E-state index is 0.0257. The Labute approximate surface area is 159 Å². The maximum atomic E-state index is 12.9. The lowest BCUT2D eigenvalue weighted by Gasteiger charge is -2.47. The van der Waals surface area contributed by atoms with E-state index in [1.165, 1.54) is 0 Å². The summed E-state index contributed by atoms with van der Waals surface area (Å²) in [4.78, 5) is 26.2. The molecule has 0 aromatic rings. The van der Waals surface area contributed by atoms with Gasteiger partial charge >= 0.3 is 6.03 Å². The number of rotatable bonds is 4. The summed E-state index contributed by atoms with van der Waals surface area (Å²) in [7, 11) is 0. The van der Waals surface area contributed by atoms with Crippen LogP contribution in [0.15, 0.2) is 0 Å². The zero-order chi connectivity index (χ0) is 20.7. The van der Waals surface area contributed by atoms with Gasteiger partial charge in [0.05, 0.1) is 18.3 Å². The third-order valence-electron chi connectivity index (χ3n) is 4.36. The van der Waals surface area contributed by atoms with Crippen molar-refractivity contribution in [2.45, 2.75) is 89.8 Å². The van der Waals surface area contributed by atoms with Crippen LogP contribution in [0.25, 0.3) is 0 Å². The molecule has 0 saturated carbocycles. The molecule has 0 aromatic carbocycles. The summed E-state index contributed by atoms with van der Waals surface area (Å²) in [6.07, 6.45) is -3.99. The van der Waals surface area contributed by atoms with Crippen LogP contribution in [0.4, 0.5) is 4.79 Å². The van der Waals surface area contributed by atoms with Gasteiger partial charge in [-0.25, -0.2) is 4.79 Å². The fourth-order valence-corrected chi connectivity index (χ4v) is 3.11. The number of nitrogens with zero attached hydrogens (tertiary/aromatic N) is 2. The Hall–Kier alpha value is -1.30. The van der Waals surface area contributed by atoms with Crippen LogP contribution in [0.1, 0.15) is 48.0 Å². The first-order chi connectivity index (χ1) is 12.3. The molecule has 2 saturated heterocycles. The van der Waals surface area contributed by atoms with Crippen molar-refractivity contribution in [2.75, 3.05) is 6.61 Å². The molecule has 0 bridgehead atoms. The van der Waals surface area contributed by atoms with E-state index in [0.29, 0.717) is 5.06 Å². The number of imide groups is 1. The summed E-state index contributed by atoms with van der Waals surface area (Å²) in [5.74, 6) is -0.757. The maximum Gasteiger partial charge on any atom is 0.328 e. The van der Waals surface area contributed by atoms with Gasteiger partial charge in [-0.05, 0) is 41.5 Å². The van der Waals surface area contributed by atoms with E-state index in [0.717, 1.165) is 4.90 Å². The summed E-state index contributed by atoms with van der Waals surface area (Å²) in [6.45, 7) is 9.76. The minimum atomic E-state index is -1.32. The molecule has 155 valence electrons. The summed E-state index contributed by atoms with van der Waals surface area (Å²) in [5.41, 5.74) is -1.69. The highest BCUT2D eigenvalue weighted by atomic mass is 16.6. The molecule has 10 heteroatoms. The zero-order valence-corrected chi connectivity index (χ0v) is 16.6. The van der Waals surface area contributed by atoms with Gasteiger partial charge in [-0.1, -0.05) is 0 Å². The molecule has 2 rings (SSSR count). The number of hydroxylamine groups is 2. The zero-order valence-electron chi connectivity index (χ0n) is 16.6. The molecule has 5 atom stereocenters. The number of urea groups is 1. The van der Waals surface area contributed by atoms with Crippen LogP contribution >= 0.6 is 0 Å². The predicted octanol–water partition coefficient (Wildman–Crippen LogP) is -0.0378. The van der Waals surface area contributed by atoms with Crippen molar-refractivity contribution < 1.29 is 34.5 Å². The molecule has 2 aliphatic heterocycles. The van der Waals surface area contributed by atoms with Crippen LogP contribution in [-0.4, -0.2) is 80.6 Å². The van der Waals surface area contributed by atoms with Gasteiger partial charge in [-0.3, -0.25) is 15.0 Å². The van der Waals surface area contributed by atoms with Crippen molar-refractivity contribution >= 4 is 11.9 Å². The second-order valence-electron chi connectivity index (χ2n) is 8.88. The molecule has 2 fully saturated rings. The van der Waals surface area contributed by atoms with Crippen LogP contribution in [0.5, 0.6) is 0 Å². The maximum absolute atomic E-state index is 12.9. The fraction of sp³-hybridized carbons (Fsp3) is 0.882. The Morgan fingerprint density at radius 1 is 1.26 bits per heavy atom. The van der Waals surface area contributed by atoms with Crippen LogP contribution < -0.4 is 5.32 Å². The average Bonchev–Trinajstić information content (AvgIpc) is 2.84. The highest BCUT2D eigenvalue weighted by molar-refractivity contribution is 6.00. The molecule has 1 radical (unpaired) electrons. The Kier molecular flexibility index (Phi) is 6.20. The highest BCUT2D eigenvalue weighted by Gasteiger charge is 2.54. The van der Waals surface area contributed by atoms with Gasteiger partial charge in [-0.15, -0.1) is 10.3 Å². The number of carbonyl (C=O) groups is 2. The van der Waals surface area contributed by atoms with Gasteiger partial charge in [0.15, 0.2) is 12.3 Å². The molecule has 10 nitrogen and oxygen atoms in total. The lowest BCUT2D eigenvalue weighted by molar-refractivity contribution is -0.286. The highest BCUT2D eigenvalue weighted by Crippen LogP contribution is 2.32. The number of aliphatic hydroxyl groups excluding tert-OH is 2. The third kappa shape index (κ3) is 4.76. The van der Waals surface area contributed by atoms with E-state index in [1.807, 2.05) is 0 Å². The van der Waals surface area contributed by atoms with Crippen molar-refractivity contribution in [2.24, 2.45) is 0 Å². The number of nitrogens with one attached hydrogen (secondary N) is 1. The van der Waals surface area contributed by atoms with E-state index in [9.17, 15) is 25.0 Å². The van der Waals surface area contributed by atoms with E-state index in [4.69, 9.17) is 9.47 Å². The number of aliphatic hydroxyl groups is 2. The fourth-order valence-electron chi connectivity index (χ4n) is 3.11. The van der Waals surface area contributed by atoms with E-state index in [2.05, 4.69) is 5.32 Å². The molecule has 3 unspecified atom stereocenters. The quantitative estimate of drug-likeness (QED) is 0.576. The Morgan fingerprint density at radius 2 is 1.85 bits per heavy atom. The second kappa shape index (κ2) is 7.61. The monoisotopic (exact) mass is 388 g/mol. The molecular weight excluding hydrogens is 358 g/mol. The summed E-state index contributed by atoms with van der Waals surface area (Å²) < 4.78 is 11.5. The lowest BCUT2D eigenvalue weighted by atomic mass is 10.0. The van der Waals surface area contributed by atoms with Gasteiger partial charge in [0.2, 0.25) is 0 Å². The van der Waals surface area contributed by atoms with Gasteiger partial charge in [-0.2, -0.15) is 0 Å². The van der Waals surface area contributed by atoms with Crippen molar-refractivity contribution in [3.05, 3.63) is 0 Å². The van der Waals surface area contributed by atoms with Crippen molar-refractivity contribution in [3.63, 3.8) is 0 Å². The first-order valence-corrected chi connectivity index (χ1v) is 8.98. The SMILES string of the molecule is CC(C)(C)OC1C(N([O])C(C)(C)C)C(=O)NC(=O)N1C1C[C@H](O)[C@@H](CO)O1. The van der Waals surface area contributed by atoms with E-state index >= 15 is 0 Å². The molecule has 0 aromatic heterocycles. The van der Waals surface area contributed by atoms with Gasteiger partial charge in [0.25, 0.3) is 5.91 Å². The Bertz CT molecular complexity index is 572. The standard InChI is InChI=1S/C17H30N3O7/c1-16(2,3)20(25)12-13(23)18-15(24)19(14(12)27-17(4,5)6)11-7-9(22)10(8-21)26-11/h9-12,14,21-22H,7-8H2,1-6H3,(H,18,23,24)/t9-,10+,11?,12?,14?/m0/s1. The molecule has 2 aliphatic rings. The molecule has 0 aliphatic carbocycles. The molecule has 2 heterocycles. The van der Waals surface area contributed by atoms with Gasteiger partial charge in [0, 0.05) is 12.0 Å². The van der Waals surface area contributed by atoms with Crippen LogP contribution in [0.3, 0.4) is 0 Å². The van der Waals surface area contributed by atoms with Crippen molar-refractivity contribution in [1.82, 2.24) is 15.3 Å². The lowest BCUT2D eigenvalue weighted by Crippen LogP contribution is -2.72. The molecule has 3 N–H and O–H groups in total. The molecule has 0 spiro atoms. The van der Waals surface area contributed by atoms with Crippen molar-refractivity contribution in [3.8, 4) is 0 Å². The van der Waals surface area contributed by atoms with Crippen LogP contribution in [-0.2, 0) is 19.5 Å². The third-order valence-corrected chi connectivity index (χ3v) is 4.36. The van der Waals surface area contributed by atoms with E-state index < -0.39 is 60.4 Å². The first kappa shape index (κ1) is 22.0. The van der Waals surface area contributed by atoms with Crippen molar-refractivity contribution in [1.29, 1.82) is 0 Å². The normalized spacial score (nSPS) is 33.0. The second-order valence-corrected chi connectivity index (χ2v) is 8.88. The topological polar surface area (TPSA) is 131 Å². The predicted molar refractivity (Wildman–Crippen MR) is 92.4 cm³/mol. The largest absolute Gasteiger partial charge is 0.394 e. The molecule has 3 amide bonds. The average molecular weight is 388 g/mol. The summed E-state index contributed by atoms with van der Waals surface area (Å²) in [5, 5.41) is 35.0. The van der Waals surface area contributed by atoms with Gasteiger partial charge in [0.1, 0.15) is 12.3 Å². The van der Waals surface area contributed by atoms with Crippen LogP contribution in [0.2, 0.25) is 0 Å². The van der Waals surface area contributed by atoms with E-state index in [1.54, 1.807) is 41.5 Å². The first-order valence-electron chi connectivity index (χ1n) is 8.98. The summed E-state index contributed by atoms with van der Waals surface area (Å²) >= 11 is 0. The number of ether oxygens (including phenoxy) is 2. The molecule has 27 heavy (non-hydrogen) atoms. The Balaban J connectivity index is 2.42. The number of hydrogen-bond acceptors (Lipinski definition) is 7. The van der Waals surface area contributed by atoms with E-state index in [-0.39, 0.29) is 6.42 Å². The number of hydrogen-bond donors (Lipinski definition) is 3.